The van der Waals surface area contributed by atoms with Crippen molar-refractivity contribution in [2.75, 3.05) is 18.9 Å². The van der Waals surface area contributed by atoms with Crippen LogP contribution < -0.4 is 11.1 Å². The second kappa shape index (κ2) is 9.64. The van der Waals surface area contributed by atoms with E-state index in [-0.39, 0.29) is 18.3 Å². The highest BCUT2D eigenvalue weighted by atomic mass is 35.5. The first-order valence-electron chi connectivity index (χ1n) is 7.47. The molecule has 1 aliphatic rings. The number of halogens is 1. The fourth-order valence-electron chi connectivity index (χ4n) is 2.53. The van der Waals surface area contributed by atoms with Gasteiger partial charge in [-0.3, -0.25) is 4.79 Å². The number of ether oxygens (including phenoxy) is 1. The monoisotopic (exact) mass is 312 g/mol. The van der Waals surface area contributed by atoms with Crippen molar-refractivity contribution >= 4 is 24.0 Å². The van der Waals surface area contributed by atoms with Crippen LogP contribution in [0.4, 0.5) is 5.69 Å². The van der Waals surface area contributed by atoms with Gasteiger partial charge in [-0.2, -0.15) is 0 Å². The molecule has 0 saturated heterocycles. The van der Waals surface area contributed by atoms with E-state index in [1.165, 1.54) is 32.1 Å². The smallest absolute Gasteiger partial charge is 0.224 e. The Kier molecular flexibility index (Phi) is 8.16. The van der Waals surface area contributed by atoms with Crippen LogP contribution in [0.15, 0.2) is 24.3 Å². The maximum atomic E-state index is 11.8. The molecule has 4 nitrogen and oxygen atoms in total. The number of carbonyl (C=O) groups excluding carboxylic acids is 1. The molecule has 118 valence electrons. The van der Waals surface area contributed by atoms with Gasteiger partial charge in [0, 0.05) is 12.2 Å². The molecule has 0 radical (unpaired) electrons. The highest BCUT2D eigenvalue weighted by Gasteiger charge is 2.13. The molecule has 1 aromatic rings. The lowest BCUT2D eigenvalue weighted by atomic mass is 9.98. The van der Waals surface area contributed by atoms with Gasteiger partial charge < -0.3 is 15.8 Å². The Labute approximate surface area is 132 Å². The van der Waals surface area contributed by atoms with E-state index in [0.29, 0.717) is 25.7 Å². The lowest BCUT2D eigenvalue weighted by Crippen LogP contribution is -2.30. The summed E-state index contributed by atoms with van der Waals surface area (Å²) in [7, 11) is 0. The number of benzene rings is 1. The van der Waals surface area contributed by atoms with E-state index < -0.39 is 0 Å². The van der Waals surface area contributed by atoms with Crippen LogP contribution in [0.2, 0.25) is 0 Å². The lowest BCUT2D eigenvalue weighted by Gasteiger charge is -2.21. The Morgan fingerprint density at radius 3 is 2.52 bits per heavy atom. The molecule has 3 N–H and O–H groups in total. The fourth-order valence-corrected chi connectivity index (χ4v) is 2.53. The molecule has 21 heavy (non-hydrogen) atoms. The van der Waals surface area contributed by atoms with Crippen LogP contribution in [0.3, 0.4) is 0 Å². The van der Waals surface area contributed by atoms with Crippen molar-refractivity contribution in [1.82, 2.24) is 5.32 Å². The number of rotatable bonds is 6. The molecule has 0 spiro atoms. The maximum Gasteiger partial charge on any atom is 0.224 e. The minimum Gasteiger partial charge on any atom is -0.399 e. The summed E-state index contributed by atoms with van der Waals surface area (Å²) in [6.45, 7) is 1.20. The van der Waals surface area contributed by atoms with E-state index in [1.54, 1.807) is 0 Å². The Morgan fingerprint density at radius 1 is 1.19 bits per heavy atom. The maximum absolute atomic E-state index is 11.8. The van der Waals surface area contributed by atoms with Gasteiger partial charge in [-0.1, -0.05) is 31.4 Å². The van der Waals surface area contributed by atoms with Gasteiger partial charge in [-0.15, -0.1) is 12.4 Å². The van der Waals surface area contributed by atoms with Crippen LogP contribution in [0.1, 0.15) is 37.7 Å². The third-order valence-corrected chi connectivity index (χ3v) is 3.67. The summed E-state index contributed by atoms with van der Waals surface area (Å²) in [5.41, 5.74) is 7.30. The number of hydrogen-bond acceptors (Lipinski definition) is 3. The number of carbonyl (C=O) groups is 1. The number of hydrogen-bond donors (Lipinski definition) is 2. The fraction of sp³-hybridized carbons (Fsp3) is 0.562. The molecule has 2 rings (SSSR count). The third-order valence-electron chi connectivity index (χ3n) is 3.67. The second-order valence-corrected chi connectivity index (χ2v) is 5.40. The molecule has 0 aromatic heterocycles. The molecule has 1 saturated carbocycles. The number of nitrogens with two attached hydrogens (primary N) is 1. The predicted octanol–water partition coefficient (Wildman–Crippen LogP) is 2.70. The molecular formula is C16H25ClN2O2. The van der Waals surface area contributed by atoms with Crippen LogP contribution in [-0.4, -0.2) is 25.2 Å². The zero-order valence-corrected chi connectivity index (χ0v) is 13.2. The quantitative estimate of drug-likeness (QED) is 0.627. The van der Waals surface area contributed by atoms with E-state index in [9.17, 15) is 4.79 Å². The van der Waals surface area contributed by atoms with Crippen molar-refractivity contribution in [3.8, 4) is 0 Å². The van der Waals surface area contributed by atoms with Gasteiger partial charge >= 0.3 is 0 Å². The second-order valence-electron chi connectivity index (χ2n) is 5.40. The number of amides is 1. The molecule has 0 atom stereocenters. The van der Waals surface area contributed by atoms with Crippen LogP contribution >= 0.6 is 12.4 Å². The predicted molar refractivity (Wildman–Crippen MR) is 87.6 cm³/mol. The average Bonchev–Trinajstić information content (AvgIpc) is 2.47. The summed E-state index contributed by atoms with van der Waals surface area (Å²) in [6.07, 6.45) is 7.00. The highest BCUT2D eigenvalue weighted by Crippen LogP contribution is 2.19. The first kappa shape index (κ1) is 17.8. The van der Waals surface area contributed by atoms with Crippen LogP contribution in [0.25, 0.3) is 0 Å². The average molecular weight is 313 g/mol. The van der Waals surface area contributed by atoms with Crippen molar-refractivity contribution in [1.29, 1.82) is 0 Å². The minimum absolute atomic E-state index is 0. The first-order valence-corrected chi connectivity index (χ1v) is 7.47. The van der Waals surface area contributed by atoms with Crippen molar-refractivity contribution in [3.05, 3.63) is 29.8 Å². The first-order chi connectivity index (χ1) is 9.74. The number of nitrogens with one attached hydrogen (secondary N) is 1. The molecule has 1 amide bonds. The van der Waals surface area contributed by atoms with Gasteiger partial charge in [0.2, 0.25) is 5.91 Å². The molecular weight excluding hydrogens is 288 g/mol. The number of anilines is 1. The summed E-state index contributed by atoms with van der Waals surface area (Å²) in [6, 6.07) is 7.39. The van der Waals surface area contributed by atoms with Gasteiger partial charge in [0.15, 0.2) is 0 Å². The Morgan fingerprint density at radius 2 is 1.86 bits per heavy atom. The van der Waals surface area contributed by atoms with Gasteiger partial charge in [-0.05, 0) is 30.5 Å². The molecule has 1 aliphatic carbocycles. The lowest BCUT2D eigenvalue weighted by molar-refractivity contribution is -0.120. The Balaban J connectivity index is 0.00000220. The Hall–Kier alpha value is -1.26. The van der Waals surface area contributed by atoms with E-state index >= 15 is 0 Å². The van der Waals surface area contributed by atoms with Crippen molar-refractivity contribution in [2.45, 2.75) is 44.6 Å². The van der Waals surface area contributed by atoms with Crippen LogP contribution in [0.5, 0.6) is 0 Å². The van der Waals surface area contributed by atoms with Gasteiger partial charge in [0.05, 0.1) is 19.1 Å². The van der Waals surface area contributed by atoms with Crippen molar-refractivity contribution < 1.29 is 9.53 Å². The molecule has 0 heterocycles. The molecule has 0 aliphatic heterocycles. The normalized spacial score (nSPS) is 15.2. The summed E-state index contributed by atoms with van der Waals surface area (Å²) < 4.78 is 5.77. The Bertz CT molecular complexity index is 417. The third kappa shape index (κ3) is 6.82. The molecule has 5 heteroatoms. The summed E-state index contributed by atoms with van der Waals surface area (Å²) >= 11 is 0. The number of nitrogen functional groups attached to an aromatic ring is 1. The van der Waals surface area contributed by atoms with E-state index in [0.717, 1.165) is 11.3 Å². The van der Waals surface area contributed by atoms with Gasteiger partial charge in [0.25, 0.3) is 0 Å². The summed E-state index contributed by atoms with van der Waals surface area (Å²) in [5, 5.41) is 2.89. The van der Waals surface area contributed by atoms with Crippen LogP contribution in [0, 0.1) is 0 Å². The molecule has 0 unspecified atom stereocenters. The summed E-state index contributed by atoms with van der Waals surface area (Å²) in [5.74, 6) is 0.0296. The molecule has 1 fully saturated rings. The van der Waals surface area contributed by atoms with E-state index in [1.807, 2.05) is 24.3 Å². The minimum atomic E-state index is 0. The zero-order chi connectivity index (χ0) is 14.2. The topological polar surface area (TPSA) is 64.4 Å². The van der Waals surface area contributed by atoms with Crippen LogP contribution in [-0.2, 0) is 16.0 Å². The standard InChI is InChI=1S/C16H24N2O2.ClH/c17-14-8-6-13(7-9-14)12-16(19)18-10-11-20-15-4-2-1-3-5-15;/h6-9,15H,1-5,10-12,17H2,(H,18,19);1H. The van der Waals surface area contributed by atoms with Crippen molar-refractivity contribution in [3.63, 3.8) is 0 Å². The molecule has 0 bridgehead atoms. The molecule has 1 aromatic carbocycles. The largest absolute Gasteiger partial charge is 0.399 e. The van der Waals surface area contributed by atoms with E-state index in [4.69, 9.17) is 10.5 Å². The van der Waals surface area contributed by atoms with E-state index in [2.05, 4.69) is 5.32 Å². The van der Waals surface area contributed by atoms with Gasteiger partial charge in [0.1, 0.15) is 0 Å². The SMILES string of the molecule is Cl.Nc1ccc(CC(=O)NCCOC2CCCCC2)cc1. The zero-order valence-electron chi connectivity index (χ0n) is 12.3. The highest BCUT2D eigenvalue weighted by molar-refractivity contribution is 5.85. The summed E-state index contributed by atoms with van der Waals surface area (Å²) in [4.78, 5) is 11.8. The van der Waals surface area contributed by atoms with Crippen molar-refractivity contribution in [2.24, 2.45) is 0 Å². The van der Waals surface area contributed by atoms with Gasteiger partial charge in [-0.25, -0.2) is 0 Å².